The van der Waals surface area contributed by atoms with E-state index in [4.69, 9.17) is 0 Å². The molecule has 0 aliphatic carbocycles. The lowest BCUT2D eigenvalue weighted by molar-refractivity contribution is -0.137. The summed E-state index contributed by atoms with van der Waals surface area (Å²) >= 11 is 0. The molecule has 0 saturated heterocycles. The minimum Gasteiger partial charge on any atom is -0.296 e. The Hall–Kier alpha value is -1.85. The molecule has 1 aliphatic heterocycles. The Morgan fingerprint density at radius 3 is 2.58 bits per heavy atom. The van der Waals surface area contributed by atoms with Crippen molar-refractivity contribution in [2.75, 3.05) is 13.1 Å². The standard InChI is InChI=1S/C20H21F3N2.ClH/c1-15(13-19-7-2-3-10-24-19)25-11-8-16(9-12-25)17-5-4-6-18(14-17)20(21,22)23;/h2-8,10,14-15H,9,11-13H2,1H3;1H. The Balaban J connectivity index is 0.00000243. The van der Waals surface area contributed by atoms with E-state index in [9.17, 15) is 13.2 Å². The molecule has 26 heavy (non-hydrogen) atoms. The van der Waals surface area contributed by atoms with Crippen LogP contribution in [0.4, 0.5) is 13.2 Å². The van der Waals surface area contributed by atoms with Crippen molar-refractivity contribution >= 4 is 18.0 Å². The summed E-state index contributed by atoms with van der Waals surface area (Å²) in [7, 11) is 0. The van der Waals surface area contributed by atoms with E-state index in [0.29, 0.717) is 11.6 Å². The topological polar surface area (TPSA) is 16.1 Å². The second kappa shape index (κ2) is 8.69. The van der Waals surface area contributed by atoms with Crippen LogP contribution in [-0.2, 0) is 12.6 Å². The van der Waals surface area contributed by atoms with Gasteiger partial charge in [0.2, 0.25) is 0 Å². The van der Waals surface area contributed by atoms with Crippen molar-refractivity contribution in [3.63, 3.8) is 0 Å². The summed E-state index contributed by atoms with van der Waals surface area (Å²) < 4.78 is 38.6. The van der Waals surface area contributed by atoms with Gasteiger partial charge in [0.05, 0.1) is 5.56 Å². The number of hydrogen-bond donors (Lipinski definition) is 0. The van der Waals surface area contributed by atoms with Gasteiger partial charge < -0.3 is 0 Å². The number of halogens is 4. The van der Waals surface area contributed by atoms with Gasteiger partial charge >= 0.3 is 6.18 Å². The van der Waals surface area contributed by atoms with Crippen LogP contribution < -0.4 is 0 Å². The minimum atomic E-state index is -4.30. The Morgan fingerprint density at radius 1 is 1.15 bits per heavy atom. The molecule has 2 aromatic rings. The van der Waals surface area contributed by atoms with E-state index in [-0.39, 0.29) is 12.4 Å². The lowest BCUT2D eigenvalue weighted by Gasteiger charge is -2.32. The summed E-state index contributed by atoms with van der Waals surface area (Å²) in [6.07, 6.45) is 1.17. The van der Waals surface area contributed by atoms with Gasteiger partial charge in [0.25, 0.3) is 0 Å². The molecular weight excluding hydrogens is 361 g/mol. The number of alkyl halides is 3. The van der Waals surface area contributed by atoms with Gasteiger partial charge in [-0.05, 0) is 48.7 Å². The summed E-state index contributed by atoms with van der Waals surface area (Å²) in [6, 6.07) is 11.9. The highest BCUT2D eigenvalue weighted by molar-refractivity contribution is 5.85. The Labute approximate surface area is 158 Å². The van der Waals surface area contributed by atoms with Gasteiger partial charge in [-0.3, -0.25) is 9.88 Å². The predicted molar refractivity (Wildman–Crippen MR) is 100 cm³/mol. The molecule has 1 atom stereocenters. The molecule has 3 rings (SSSR count). The fourth-order valence-corrected chi connectivity index (χ4v) is 3.19. The maximum absolute atomic E-state index is 12.9. The maximum Gasteiger partial charge on any atom is 0.416 e. The third kappa shape index (κ3) is 5.08. The molecular formula is C20H22ClF3N2. The van der Waals surface area contributed by atoms with Gasteiger partial charge in [0.15, 0.2) is 0 Å². The molecule has 0 spiro atoms. The number of pyridine rings is 1. The summed E-state index contributed by atoms with van der Waals surface area (Å²) in [5.74, 6) is 0. The number of aromatic nitrogens is 1. The van der Waals surface area contributed by atoms with Gasteiger partial charge in [0, 0.05) is 37.4 Å². The van der Waals surface area contributed by atoms with Crippen LogP contribution in [0.3, 0.4) is 0 Å². The molecule has 1 aromatic carbocycles. The zero-order valence-corrected chi connectivity index (χ0v) is 15.4. The summed E-state index contributed by atoms with van der Waals surface area (Å²) in [5.41, 5.74) is 2.14. The van der Waals surface area contributed by atoms with E-state index in [1.807, 2.05) is 24.3 Å². The van der Waals surface area contributed by atoms with Crippen molar-refractivity contribution in [2.45, 2.75) is 32.0 Å². The average Bonchev–Trinajstić information content (AvgIpc) is 2.62. The van der Waals surface area contributed by atoms with E-state index >= 15 is 0 Å². The van der Waals surface area contributed by atoms with Crippen LogP contribution in [0, 0.1) is 0 Å². The lowest BCUT2D eigenvalue weighted by atomic mass is 9.96. The fourth-order valence-electron chi connectivity index (χ4n) is 3.19. The Bertz CT molecular complexity index is 744. The van der Waals surface area contributed by atoms with Crippen molar-refractivity contribution in [3.8, 4) is 0 Å². The third-order valence-corrected chi connectivity index (χ3v) is 4.66. The Kier molecular flexibility index (Phi) is 6.84. The second-order valence-corrected chi connectivity index (χ2v) is 6.43. The summed E-state index contributed by atoms with van der Waals surface area (Å²) in [6.45, 7) is 3.76. The molecule has 0 amide bonds. The van der Waals surface area contributed by atoms with Crippen LogP contribution >= 0.6 is 12.4 Å². The minimum absolute atomic E-state index is 0. The Morgan fingerprint density at radius 2 is 1.96 bits per heavy atom. The smallest absolute Gasteiger partial charge is 0.296 e. The van der Waals surface area contributed by atoms with Crippen LogP contribution in [0.15, 0.2) is 54.7 Å². The largest absolute Gasteiger partial charge is 0.416 e. The normalized spacial score (nSPS) is 16.5. The first-order valence-corrected chi connectivity index (χ1v) is 8.44. The molecule has 1 aromatic heterocycles. The predicted octanol–water partition coefficient (Wildman–Crippen LogP) is 5.24. The van der Waals surface area contributed by atoms with Crippen LogP contribution in [0.2, 0.25) is 0 Å². The van der Waals surface area contributed by atoms with Crippen LogP contribution in [0.1, 0.15) is 30.2 Å². The molecule has 1 aliphatic rings. The molecule has 0 N–H and O–H groups in total. The lowest BCUT2D eigenvalue weighted by Crippen LogP contribution is -2.37. The second-order valence-electron chi connectivity index (χ2n) is 6.43. The number of benzene rings is 1. The quantitative estimate of drug-likeness (QED) is 0.718. The van der Waals surface area contributed by atoms with Gasteiger partial charge in [-0.25, -0.2) is 0 Å². The molecule has 0 radical (unpaired) electrons. The van der Waals surface area contributed by atoms with E-state index in [1.54, 1.807) is 12.3 Å². The molecule has 0 saturated carbocycles. The highest BCUT2D eigenvalue weighted by Crippen LogP contribution is 2.32. The molecule has 6 heteroatoms. The molecule has 1 unspecified atom stereocenters. The highest BCUT2D eigenvalue weighted by atomic mass is 35.5. The number of hydrogen-bond acceptors (Lipinski definition) is 2. The zero-order valence-electron chi connectivity index (χ0n) is 14.5. The number of rotatable bonds is 4. The maximum atomic E-state index is 12.9. The third-order valence-electron chi connectivity index (χ3n) is 4.66. The first-order valence-electron chi connectivity index (χ1n) is 8.44. The van der Waals surface area contributed by atoms with Gasteiger partial charge in [-0.2, -0.15) is 13.2 Å². The summed E-state index contributed by atoms with van der Waals surface area (Å²) in [4.78, 5) is 6.70. The first-order chi connectivity index (χ1) is 11.9. The van der Waals surface area contributed by atoms with Crippen molar-refractivity contribution in [1.82, 2.24) is 9.88 Å². The van der Waals surface area contributed by atoms with Gasteiger partial charge in [-0.1, -0.05) is 24.3 Å². The molecule has 0 bridgehead atoms. The SMILES string of the molecule is CC(Cc1ccccn1)N1CC=C(c2cccc(C(F)(F)F)c2)CC1.Cl. The monoisotopic (exact) mass is 382 g/mol. The van der Waals surface area contributed by atoms with Crippen molar-refractivity contribution < 1.29 is 13.2 Å². The average molecular weight is 383 g/mol. The van der Waals surface area contributed by atoms with Gasteiger partial charge in [-0.15, -0.1) is 12.4 Å². The van der Waals surface area contributed by atoms with Crippen LogP contribution in [0.5, 0.6) is 0 Å². The molecule has 2 nitrogen and oxygen atoms in total. The fraction of sp³-hybridized carbons (Fsp3) is 0.350. The molecule has 0 fully saturated rings. The zero-order chi connectivity index (χ0) is 17.9. The summed E-state index contributed by atoms with van der Waals surface area (Å²) in [5, 5.41) is 0. The van der Waals surface area contributed by atoms with Gasteiger partial charge in [0.1, 0.15) is 0 Å². The van der Waals surface area contributed by atoms with E-state index in [0.717, 1.165) is 43.3 Å². The van der Waals surface area contributed by atoms with Crippen molar-refractivity contribution in [2.24, 2.45) is 0 Å². The molecule has 140 valence electrons. The van der Waals surface area contributed by atoms with Crippen LogP contribution in [-0.4, -0.2) is 29.0 Å². The molecule has 2 heterocycles. The first kappa shape index (κ1) is 20.5. The van der Waals surface area contributed by atoms with E-state index in [1.165, 1.54) is 12.1 Å². The number of nitrogens with zero attached hydrogens (tertiary/aromatic N) is 2. The van der Waals surface area contributed by atoms with Crippen molar-refractivity contribution in [3.05, 3.63) is 71.6 Å². The van der Waals surface area contributed by atoms with E-state index < -0.39 is 11.7 Å². The highest BCUT2D eigenvalue weighted by Gasteiger charge is 2.30. The van der Waals surface area contributed by atoms with Crippen molar-refractivity contribution in [1.29, 1.82) is 0 Å². The van der Waals surface area contributed by atoms with Crippen LogP contribution in [0.25, 0.3) is 5.57 Å². The van der Waals surface area contributed by atoms with E-state index in [2.05, 4.69) is 16.8 Å².